The molecule has 0 unspecified atom stereocenters. The lowest BCUT2D eigenvalue weighted by molar-refractivity contribution is 0.343. The van der Waals surface area contributed by atoms with E-state index in [4.69, 9.17) is 0 Å². The van der Waals surface area contributed by atoms with Gasteiger partial charge in [-0.3, -0.25) is 9.48 Å². The van der Waals surface area contributed by atoms with Gasteiger partial charge in [0.2, 0.25) is 0 Å². The SMILES string of the molecule is Cc1nc(N2CCC(n3nc(C(C)(C)C)ccc3=O)CC2)c2cnn(C)c2n1. The van der Waals surface area contributed by atoms with Gasteiger partial charge in [0.05, 0.1) is 23.3 Å². The minimum absolute atomic E-state index is 0.0287. The summed E-state index contributed by atoms with van der Waals surface area (Å²) in [5, 5.41) is 9.98. The molecule has 3 aromatic heterocycles. The highest BCUT2D eigenvalue weighted by Gasteiger charge is 2.26. The highest BCUT2D eigenvalue weighted by molar-refractivity contribution is 5.87. The largest absolute Gasteiger partial charge is 0.356 e. The molecule has 0 amide bonds. The Bertz CT molecular complexity index is 1070. The number of aryl methyl sites for hydroxylation is 2. The summed E-state index contributed by atoms with van der Waals surface area (Å²) in [5.74, 6) is 1.67. The Morgan fingerprint density at radius 2 is 1.82 bits per heavy atom. The van der Waals surface area contributed by atoms with Gasteiger partial charge in [-0.1, -0.05) is 20.8 Å². The lowest BCUT2D eigenvalue weighted by Crippen LogP contribution is -2.39. The summed E-state index contributed by atoms with van der Waals surface area (Å²) in [4.78, 5) is 23.9. The first-order chi connectivity index (χ1) is 13.2. The molecule has 8 heteroatoms. The molecule has 4 rings (SSSR count). The van der Waals surface area contributed by atoms with Crippen LogP contribution in [0, 0.1) is 6.92 Å². The zero-order valence-electron chi connectivity index (χ0n) is 17.2. The van der Waals surface area contributed by atoms with E-state index >= 15 is 0 Å². The highest BCUT2D eigenvalue weighted by atomic mass is 16.1. The third kappa shape index (κ3) is 3.27. The molecule has 4 heterocycles. The van der Waals surface area contributed by atoms with Crippen molar-refractivity contribution in [2.75, 3.05) is 18.0 Å². The summed E-state index contributed by atoms with van der Waals surface area (Å²) >= 11 is 0. The Labute approximate surface area is 164 Å². The fourth-order valence-corrected chi connectivity index (χ4v) is 3.76. The van der Waals surface area contributed by atoms with E-state index in [1.807, 2.05) is 26.2 Å². The predicted molar refractivity (Wildman–Crippen MR) is 109 cm³/mol. The van der Waals surface area contributed by atoms with Crippen LogP contribution in [0.25, 0.3) is 11.0 Å². The van der Waals surface area contributed by atoms with Crippen molar-refractivity contribution in [2.45, 2.75) is 52.0 Å². The third-order valence-electron chi connectivity index (χ3n) is 5.39. The second-order valence-corrected chi connectivity index (χ2v) is 8.57. The molecule has 1 aliphatic rings. The van der Waals surface area contributed by atoms with Crippen molar-refractivity contribution in [3.05, 3.63) is 40.2 Å². The van der Waals surface area contributed by atoms with Gasteiger partial charge >= 0.3 is 0 Å². The minimum Gasteiger partial charge on any atom is -0.356 e. The van der Waals surface area contributed by atoms with Crippen molar-refractivity contribution in [1.29, 1.82) is 0 Å². The molecule has 1 saturated heterocycles. The number of hydrogen-bond donors (Lipinski definition) is 0. The van der Waals surface area contributed by atoms with Crippen molar-refractivity contribution in [3.63, 3.8) is 0 Å². The molecule has 148 valence electrons. The smallest absolute Gasteiger partial charge is 0.267 e. The molecular weight excluding hydrogens is 354 g/mol. The average Bonchev–Trinajstić information content (AvgIpc) is 3.01. The predicted octanol–water partition coefficient (Wildman–Crippen LogP) is 2.37. The van der Waals surface area contributed by atoms with E-state index in [9.17, 15) is 4.79 Å². The number of nitrogens with zero attached hydrogens (tertiary/aromatic N) is 7. The van der Waals surface area contributed by atoms with E-state index in [1.165, 1.54) is 0 Å². The first-order valence-corrected chi connectivity index (χ1v) is 9.75. The molecule has 28 heavy (non-hydrogen) atoms. The molecular formula is C20H27N7O. The molecule has 1 fully saturated rings. The van der Waals surface area contributed by atoms with Crippen molar-refractivity contribution in [2.24, 2.45) is 7.05 Å². The molecule has 0 spiro atoms. The molecule has 0 atom stereocenters. The van der Waals surface area contributed by atoms with Gasteiger partial charge in [-0.25, -0.2) is 14.6 Å². The van der Waals surface area contributed by atoms with Crippen LogP contribution in [0.5, 0.6) is 0 Å². The first-order valence-electron chi connectivity index (χ1n) is 9.75. The van der Waals surface area contributed by atoms with Crippen LogP contribution in [0.4, 0.5) is 5.82 Å². The summed E-state index contributed by atoms with van der Waals surface area (Å²) in [6, 6.07) is 3.60. The fraction of sp³-hybridized carbons (Fsp3) is 0.550. The summed E-state index contributed by atoms with van der Waals surface area (Å²) < 4.78 is 3.46. The van der Waals surface area contributed by atoms with Crippen LogP contribution in [-0.2, 0) is 12.5 Å². The maximum atomic E-state index is 12.4. The van der Waals surface area contributed by atoms with Gasteiger partial charge in [-0.15, -0.1) is 0 Å². The molecule has 0 N–H and O–H groups in total. The summed E-state index contributed by atoms with van der Waals surface area (Å²) in [5.41, 5.74) is 1.68. The zero-order valence-corrected chi connectivity index (χ0v) is 17.2. The maximum Gasteiger partial charge on any atom is 0.267 e. The first kappa shape index (κ1) is 18.6. The van der Waals surface area contributed by atoms with E-state index in [0.29, 0.717) is 0 Å². The molecule has 0 aliphatic carbocycles. The summed E-state index contributed by atoms with van der Waals surface area (Å²) in [6.07, 6.45) is 3.53. The number of aromatic nitrogens is 6. The van der Waals surface area contributed by atoms with Crippen LogP contribution >= 0.6 is 0 Å². The van der Waals surface area contributed by atoms with Crippen LogP contribution in [0.15, 0.2) is 23.1 Å². The normalized spacial score (nSPS) is 16.1. The lowest BCUT2D eigenvalue weighted by atomic mass is 9.92. The molecule has 0 saturated carbocycles. The molecule has 3 aromatic rings. The number of fused-ring (bicyclic) bond motifs is 1. The number of piperidine rings is 1. The lowest BCUT2D eigenvalue weighted by Gasteiger charge is -2.33. The topological polar surface area (TPSA) is 81.7 Å². The monoisotopic (exact) mass is 381 g/mol. The Balaban J connectivity index is 1.59. The molecule has 0 radical (unpaired) electrons. The Hall–Kier alpha value is -2.77. The van der Waals surface area contributed by atoms with Gasteiger partial charge in [-0.2, -0.15) is 10.2 Å². The average molecular weight is 381 g/mol. The number of hydrogen-bond acceptors (Lipinski definition) is 6. The third-order valence-corrected chi connectivity index (χ3v) is 5.39. The molecule has 0 aromatic carbocycles. The Morgan fingerprint density at radius 1 is 1.11 bits per heavy atom. The fourth-order valence-electron chi connectivity index (χ4n) is 3.76. The molecule has 1 aliphatic heterocycles. The van der Waals surface area contributed by atoms with Crippen LogP contribution in [0.2, 0.25) is 0 Å². The van der Waals surface area contributed by atoms with Gasteiger partial charge in [-0.05, 0) is 25.8 Å². The zero-order chi connectivity index (χ0) is 20.1. The van der Waals surface area contributed by atoms with Crippen molar-refractivity contribution in [3.8, 4) is 0 Å². The van der Waals surface area contributed by atoms with Crippen LogP contribution in [0.1, 0.15) is 51.2 Å². The van der Waals surface area contributed by atoms with Crippen molar-refractivity contribution < 1.29 is 0 Å². The quantitative estimate of drug-likeness (QED) is 0.678. The van der Waals surface area contributed by atoms with Gasteiger partial charge in [0.25, 0.3) is 5.56 Å². The van der Waals surface area contributed by atoms with Gasteiger partial charge in [0, 0.05) is 31.6 Å². The summed E-state index contributed by atoms with van der Waals surface area (Å²) in [6.45, 7) is 9.89. The van der Waals surface area contributed by atoms with E-state index in [2.05, 4.69) is 45.8 Å². The van der Waals surface area contributed by atoms with E-state index in [0.717, 1.165) is 54.3 Å². The van der Waals surface area contributed by atoms with E-state index < -0.39 is 0 Å². The highest BCUT2D eigenvalue weighted by Crippen LogP contribution is 2.29. The van der Waals surface area contributed by atoms with Crippen molar-refractivity contribution in [1.82, 2.24) is 29.5 Å². The molecule has 0 bridgehead atoms. The second kappa shape index (κ2) is 6.68. The maximum absolute atomic E-state index is 12.4. The van der Waals surface area contributed by atoms with Gasteiger partial charge in [0.15, 0.2) is 5.65 Å². The van der Waals surface area contributed by atoms with E-state index in [-0.39, 0.29) is 17.0 Å². The van der Waals surface area contributed by atoms with E-state index in [1.54, 1.807) is 15.4 Å². The van der Waals surface area contributed by atoms with Gasteiger partial charge in [0.1, 0.15) is 11.6 Å². The second-order valence-electron chi connectivity index (χ2n) is 8.57. The minimum atomic E-state index is -0.0828. The Morgan fingerprint density at radius 3 is 2.50 bits per heavy atom. The Kier molecular flexibility index (Phi) is 4.44. The number of rotatable bonds is 2. The molecule has 8 nitrogen and oxygen atoms in total. The van der Waals surface area contributed by atoms with Crippen LogP contribution < -0.4 is 10.5 Å². The summed E-state index contributed by atoms with van der Waals surface area (Å²) in [7, 11) is 1.89. The number of anilines is 1. The van der Waals surface area contributed by atoms with Crippen molar-refractivity contribution >= 4 is 16.9 Å². The van der Waals surface area contributed by atoms with Crippen LogP contribution in [-0.4, -0.2) is 42.6 Å². The van der Waals surface area contributed by atoms with Crippen LogP contribution in [0.3, 0.4) is 0 Å². The standard InChI is InChI=1S/C20H27N7O/c1-13-22-18-15(12-21-25(18)5)19(23-13)26-10-8-14(9-11-26)27-17(28)7-6-16(24-27)20(2,3)4/h6-7,12,14H,8-11H2,1-5H3. The van der Waals surface area contributed by atoms with Gasteiger partial charge < -0.3 is 4.90 Å².